The van der Waals surface area contributed by atoms with Gasteiger partial charge < -0.3 is 14.4 Å². The summed E-state index contributed by atoms with van der Waals surface area (Å²) in [6.07, 6.45) is 0. The Bertz CT molecular complexity index is 782. The van der Waals surface area contributed by atoms with E-state index in [9.17, 15) is 4.79 Å². The van der Waals surface area contributed by atoms with E-state index < -0.39 is 0 Å². The van der Waals surface area contributed by atoms with Crippen LogP contribution in [0.25, 0.3) is 0 Å². The molecule has 0 unspecified atom stereocenters. The molecule has 2 heterocycles. The van der Waals surface area contributed by atoms with Gasteiger partial charge in [0.2, 0.25) is 5.91 Å². The summed E-state index contributed by atoms with van der Waals surface area (Å²) >= 11 is 0. The van der Waals surface area contributed by atoms with Gasteiger partial charge in [0.25, 0.3) is 0 Å². The van der Waals surface area contributed by atoms with Gasteiger partial charge in [0.1, 0.15) is 5.75 Å². The van der Waals surface area contributed by atoms with Gasteiger partial charge >= 0.3 is 0 Å². The van der Waals surface area contributed by atoms with Gasteiger partial charge in [-0.2, -0.15) is 0 Å². The van der Waals surface area contributed by atoms with E-state index in [0.717, 1.165) is 44.3 Å². The number of ether oxygens (including phenoxy) is 2. The molecule has 0 bridgehead atoms. The van der Waals surface area contributed by atoms with Gasteiger partial charge in [-0.1, -0.05) is 31.2 Å². The highest BCUT2D eigenvalue weighted by atomic mass is 16.5. The molecule has 2 aromatic carbocycles. The summed E-state index contributed by atoms with van der Waals surface area (Å²) in [7, 11) is 1.65. The Morgan fingerprint density at radius 2 is 1.70 bits per heavy atom. The highest BCUT2D eigenvalue weighted by Crippen LogP contribution is 2.43. The van der Waals surface area contributed by atoms with Crippen LogP contribution in [0.15, 0.2) is 48.5 Å². The fourth-order valence-electron chi connectivity index (χ4n) is 3.94. The van der Waals surface area contributed by atoms with Crippen LogP contribution >= 0.6 is 0 Å². The summed E-state index contributed by atoms with van der Waals surface area (Å²) in [6.45, 7) is 6.56. The van der Waals surface area contributed by atoms with Crippen LogP contribution < -0.4 is 9.64 Å². The van der Waals surface area contributed by atoms with Crippen molar-refractivity contribution in [1.82, 2.24) is 4.90 Å². The van der Waals surface area contributed by atoms with Gasteiger partial charge in [0, 0.05) is 25.3 Å². The van der Waals surface area contributed by atoms with Crippen molar-refractivity contribution in [2.45, 2.75) is 19.5 Å². The number of amides is 1. The quantitative estimate of drug-likeness (QED) is 0.762. The van der Waals surface area contributed by atoms with E-state index in [1.165, 1.54) is 11.1 Å². The fourth-order valence-corrected chi connectivity index (χ4v) is 3.94. The summed E-state index contributed by atoms with van der Waals surface area (Å²) in [5, 5.41) is 0. The highest BCUT2D eigenvalue weighted by molar-refractivity contribution is 6.03. The summed E-state index contributed by atoms with van der Waals surface area (Å²) < 4.78 is 10.6. The molecular weight excluding hydrogens is 340 g/mol. The molecule has 0 radical (unpaired) electrons. The topological polar surface area (TPSA) is 42.0 Å². The van der Waals surface area contributed by atoms with Crippen molar-refractivity contribution in [2.75, 3.05) is 38.3 Å². The number of morpholine rings is 1. The van der Waals surface area contributed by atoms with Crippen LogP contribution in [0.4, 0.5) is 5.69 Å². The third kappa shape index (κ3) is 3.57. The van der Waals surface area contributed by atoms with Gasteiger partial charge in [0.05, 0.1) is 32.3 Å². The first kappa shape index (κ1) is 18.0. The lowest BCUT2D eigenvalue weighted by molar-refractivity contribution is -0.129. The lowest BCUT2D eigenvalue weighted by Crippen LogP contribution is -2.54. The van der Waals surface area contributed by atoms with Crippen LogP contribution in [-0.2, 0) is 16.1 Å². The van der Waals surface area contributed by atoms with Crippen LogP contribution in [0.5, 0.6) is 5.75 Å². The van der Waals surface area contributed by atoms with Crippen molar-refractivity contribution >= 4 is 11.6 Å². The molecule has 0 N–H and O–H groups in total. The Morgan fingerprint density at radius 3 is 2.33 bits per heavy atom. The fraction of sp³-hybridized carbons (Fsp3) is 0.409. The zero-order chi connectivity index (χ0) is 18.8. The SMILES string of the molecule is COc1ccc(N2C(=O)[C@H](C)[C@H]2c2ccc(CN3CCOCC3)cc2)cc1. The van der Waals surface area contributed by atoms with E-state index in [1.54, 1.807) is 7.11 Å². The molecule has 1 amide bonds. The minimum absolute atomic E-state index is 0.00260. The monoisotopic (exact) mass is 366 g/mol. The van der Waals surface area contributed by atoms with Gasteiger partial charge in [-0.3, -0.25) is 9.69 Å². The third-order valence-corrected chi connectivity index (χ3v) is 5.56. The van der Waals surface area contributed by atoms with E-state index in [-0.39, 0.29) is 17.9 Å². The first-order chi connectivity index (χ1) is 13.2. The Hall–Kier alpha value is -2.37. The maximum atomic E-state index is 12.5. The molecule has 2 aromatic rings. The summed E-state index contributed by atoms with van der Waals surface area (Å²) in [5.41, 5.74) is 3.40. The molecule has 2 atom stereocenters. The molecule has 0 spiro atoms. The van der Waals surface area contributed by atoms with Crippen molar-refractivity contribution in [2.24, 2.45) is 5.92 Å². The number of nitrogens with zero attached hydrogens (tertiary/aromatic N) is 2. The Morgan fingerprint density at radius 1 is 1.04 bits per heavy atom. The summed E-state index contributed by atoms with van der Waals surface area (Å²) in [6, 6.07) is 16.5. The van der Waals surface area contributed by atoms with Gasteiger partial charge in [0.15, 0.2) is 0 Å². The van der Waals surface area contributed by atoms with Crippen LogP contribution in [0.3, 0.4) is 0 Å². The van der Waals surface area contributed by atoms with Crippen molar-refractivity contribution in [1.29, 1.82) is 0 Å². The smallest absolute Gasteiger partial charge is 0.232 e. The Kier molecular flexibility index (Phi) is 5.14. The number of anilines is 1. The Balaban J connectivity index is 1.49. The maximum Gasteiger partial charge on any atom is 0.232 e. The van der Waals surface area contributed by atoms with E-state index >= 15 is 0 Å². The second kappa shape index (κ2) is 7.71. The molecule has 2 aliphatic rings. The van der Waals surface area contributed by atoms with E-state index in [1.807, 2.05) is 36.1 Å². The molecule has 5 nitrogen and oxygen atoms in total. The average molecular weight is 366 g/mol. The molecule has 4 rings (SSSR count). The average Bonchev–Trinajstić information content (AvgIpc) is 2.73. The van der Waals surface area contributed by atoms with Crippen LogP contribution in [0, 0.1) is 5.92 Å². The molecule has 0 aromatic heterocycles. The number of hydrogen-bond donors (Lipinski definition) is 0. The number of carbonyl (C=O) groups is 1. The lowest BCUT2D eigenvalue weighted by Gasteiger charge is -2.46. The minimum Gasteiger partial charge on any atom is -0.497 e. The van der Waals surface area contributed by atoms with Crippen molar-refractivity contribution in [3.8, 4) is 5.75 Å². The molecule has 2 fully saturated rings. The first-order valence-electron chi connectivity index (χ1n) is 9.53. The van der Waals surface area contributed by atoms with Crippen LogP contribution in [0.2, 0.25) is 0 Å². The molecule has 5 heteroatoms. The standard InChI is InChI=1S/C22H26N2O3/c1-16-21(24(22(16)25)19-7-9-20(26-2)10-8-19)18-5-3-17(4-6-18)15-23-11-13-27-14-12-23/h3-10,16,21H,11-15H2,1-2H3/t16-,21+/m1/s1. The molecule has 0 aliphatic carbocycles. The highest BCUT2D eigenvalue weighted by Gasteiger charge is 2.45. The first-order valence-corrected chi connectivity index (χ1v) is 9.53. The summed E-state index contributed by atoms with van der Waals surface area (Å²) in [5.74, 6) is 0.962. The molecule has 2 aliphatic heterocycles. The van der Waals surface area contributed by atoms with Gasteiger partial charge in [-0.15, -0.1) is 0 Å². The second-order valence-corrected chi connectivity index (χ2v) is 7.27. The maximum absolute atomic E-state index is 12.5. The zero-order valence-electron chi connectivity index (χ0n) is 15.9. The van der Waals surface area contributed by atoms with Crippen LogP contribution in [0.1, 0.15) is 24.1 Å². The van der Waals surface area contributed by atoms with E-state index in [0.29, 0.717) is 0 Å². The van der Waals surface area contributed by atoms with Crippen molar-refractivity contribution in [3.05, 3.63) is 59.7 Å². The van der Waals surface area contributed by atoms with Crippen molar-refractivity contribution < 1.29 is 14.3 Å². The molecule has 27 heavy (non-hydrogen) atoms. The predicted molar refractivity (Wildman–Crippen MR) is 105 cm³/mol. The number of β-lactam (4-membered cyclic amide) rings is 1. The minimum atomic E-state index is -0.00260. The number of carbonyl (C=O) groups excluding carboxylic acids is 1. The summed E-state index contributed by atoms with van der Waals surface area (Å²) in [4.78, 5) is 16.8. The lowest BCUT2D eigenvalue weighted by atomic mass is 9.83. The molecule has 0 saturated carbocycles. The number of rotatable bonds is 5. The number of hydrogen-bond acceptors (Lipinski definition) is 4. The Labute approximate surface area is 160 Å². The van der Waals surface area contributed by atoms with E-state index in [2.05, 4.69) is 29.2 Å². The zero-order valence-corrected chi connectivity index (χ0v) is 15.9. The van der Waals surface area contributed by atoms with Crippen LogP contribution in [-0.4, -0.2) is 44.2 Å². The third-order valence-electron chi connectivity index (χ3n) is 5.56. The van der Waals surface area contributed by atoms with Crippen molar-refractivity contribution in [3.63, 3.8) is 0 Å². The molecule has 142 valence electrons. The molecule has 2 saturated heterocycles. The predicted octanol–water partition coefficient (Wildman–Crippen LogP) is 3.25. The number of benzene rings is 2. The van der Waals surface area contributed by atoms with Gasteiger partial charge in [-0.05, 0) is 35.4 Å². The van der Waals surface area contributed by atoms with E-state index in [4.69, 9.17) is 9.47 Å². The normalized spacial score (nSPS) is 23.2. The largest absolute Gasteiger partial charge is 0.497 e. The number of methoxy groups -OCH3 is 1. The van der Waals surface area contributed by atoms with Gasteiger partial charge in [-0.25, -0.2) is 0 Å². The molecular formula is C22H26N2O3. The second-order valence-electron chi connectivity index (χ2n) is 7.27.